The van der Waals surface area contributed by atoms with Crippen molar-refractivity contribution in [3.8, 4) is 17.1 Å². The number of halogens is 1. The van der Waals surface area contributed by atoms with Gasteiger partial charge >= 0.3 is 11.7 Å². The van der Waals surface area contributed by atoms with E-state index in [4.69, 9.17) is 14.0 Å². The van der Waals surface area contributed by atoms with E-state index in [2.05, 4.69) is 10.1 Å². The van der Waals surface area contributed by atoms with E-state index in [0.717, 1.165) is 6.07 Å². The Morgan fingerprint density at radius 1 is 1.26 bits per heavy atom. The lowest BCUT2D eigenvalue weighted by atomic mass is 10.2. The number of nitro benzene ring substituents is 1. The van der Waals surface area contributed by atoms with Crippen molar-refractivity contribution in [3.05, 3.63) is 69.9 Å². The van der Waals surface area contributed by atoms with Gasteiger partial charge in [-0.1, -0.05) is 5.16 Å². The minimum Gasteiger partial charge on any atom is -0.490 e. The van der Waals surface area contributed by atoms with Gasteiger partial charge < -0.3 is 14.0 Å². The van der Waals surface area contributed by atoms with Crippen molar-refractivity contribution in [2.45, 2.75) is 6.61 Å². The molecule has 0 fully saturated rings. The van der Waals surface area contributed by atoms with Gasteiger partial charge in [0.15, 0.2) is 12.4 Å². The Balaban J connectivity index is 1.68. The van der Waals surface area contributed by atoms with Crippen molar-refractivity contribution in [3.63, 3.8) is 0 Å². The van der Waals surface area contributed by atoms with Crippen LogP contribution >= 0.6 is 0 Å². The summed E-state index contributed by atoms with van der Waals surface area (Å²) in [6.07, 6.45) is 0. The average Bonchev–Trinajstić information content (AvgIpc) is 3.15. The monoisotopic (exact) mass is 373 g/mol. The molecular weight excluding hydrogens is 361 g/mol. The minimum atomic E-state index is -0.803. The van der Waals surface area contributed by atoms with Crippen LogP contribution in [0.5, 0.6) is 5.75 Å². The number of carbonyl (C=O) groups is 1. The van der Waals surface area contributed by atoms with Gasteiger partial charge in [0.2, 0.25) is 5.82 Å². The summed E-state index contributed by atoms with van der Waals surface area (Å²) in [6, 6.07) is 9.15. The van der Waals surface area contributed by atoms with Gasteiger partial charge in [0.1, 0.15) is 5.82 Å². The maximum absolute atomic E-state index is 12.9. The third kappa shape index (κ3) is 4.06. The molecule has 0 saturated heterocycles. The second-order valence-corrected chi connectivity index (χ2v) is 5.24. The predicted molar refractivity (Wildman–Crippen MR) is 88.5 cm³/mol. The molecule has 0 unspecified atom stereocenters. The number of carbonyl (C=O) groups excluding carboxylic acids is 1. The van der Waals surface area contributed by atoms with E-state index in [-0.39, 0.29) is 35.3 Å². The molecule has 2 aromatic carbocycles. The molecule has 0 aliphatic rings. The Kier molecular flexibility index (Phi) is 5.06. The fraction of sp³-hybridized carbons (Fsp3) is 0.118. The van der Waals surface area contributed by atoms with E-state index in [1.807, 2.05) is 0 Å². The van der Waals surface area contributed by atoms with E-state index in [1.54, 1.807) is 0 Å². The van der Waals surface area contributed by atoms with Gasteiger partial charge in [0.05, 0.1) is 17.6 Å². The van der Waals surface area contributed by atoms with Gasteiger partial charge in [-0.05, 0) is 36.4 Å². The number of benzene rings is 2. The zero-order valence-electron chi connectivity index (χ0n) is 13.9. The maximum Gasteiger partial charge on any atom is 0.338 e. The second-order valence-electron chi connectivity index (χ2n) is 5.24. The third-order valence-corrected chi connectivity index (χ3v) is 3.51. The van der Waals surface area contributed by atoms with E-state index in [0.29, 0.717) is 5.56 Å². The summed E-state index contributed by atoms with van der Waals surface area (Å²) in [4.78, 5) is 26.5. The molecule has 10 heteroatoms. The molecule has 3 aromatic rings. The molecule has 0 aliphatic heterocycles. The van der Waals surface area contributed by atoms with Crippen LogP contribution in [0.25, 0.3) is 11.4 Å². The number of methoxy groups -OCH3 is 1. The molecule has 0 amide bonds. The number of esters is 1. The summed E-state index contributed by atoms with van der Waals surface area (Å²) in [5, 5.41) is 14.7. The Bertz CT molecular complexity index is 987. The van der Waals surface area contributed by atoms with Gasteiger partial charge in [-0.2, -0.15) is 4.98 Å². The van der Waals surface area contributed by atoms with Crippen LogP contribution in [-0.2, 0) is 11.3 Å². The number of hydrogen-bond acceptors (Lipinski definition) is 8. The first kappa shape index (κ1) is 18.0. The number of nitro groups is 1. The van der Waals surface area contributed by atoms with Gasteiger partial charge in [0, 0.05) is 11.6 Å². The number of aromatic nitrogens is 2. The fourth-order valence-electron chi connectivity index (χ4n) is 2.20. The summed E-state index contributed by atoms with van der Waals surface area (Å²) in [7, 11) is 1.29. The third-order valence-electron chi connectivity index (χ3n) is 3.51. The zero-order valence-corrected chi connectivity index (χ0v) is 13.9. The molecule has 0 saturated carbocycles. The molecule has 0 radical (unpaired) electrons. The lowest BCUT2D eigenvalue weighted by Crippen LogP contribution is -2.06. The summed E-state index contributed by atoms with van der Waals surface area (Å²) < 4.78 is 27.8. The second kappa shape index (κ2) is 7.60. The Morgan fingerprint density at radius 3 is 2.67 bits per heavy atom. The Hall–Kier alpha value is -3.82. The molecule has 0 N–H and O–H groups in total. The van der Waals surface area contributed by atoms with Gasteiger partial charge in [-0.15, -0.1) is 0 Å². The first-order valence-electron chi connectivity index (χ1n) is 7.56. The number of nitrogens with zero attached hydrogens (tertiary/aromatic N) is 3. The standard InChI is InChI=1S/C17H12FN3O6/c1-25-14-7-4-11(8-13(14)21(23)24)17(22)26-9-15-19-16(20-27-15)10-2-5-12(18)6-3-10/h2-8H,9H2,1H3. The van der Waals surface area contributed by atoms with E-state index >= 15 is 0 Å². The lowest BCUT2D eigenvalue weighted by Gasteiger charge is -2.04. The number of rotatable bonds is 6. The van der Waals surface area contributed by atoms with Crippen molar-refractivity contribution in [2.75, 3.05) is 7.11 Å². The van der Waals surface area contributed by atoms with Gasteiger partial charge in [-0.3, -0.25) is 10.1 Å². The van der Waals surface area contributed by atoms with Crippen LogP contribution in [0.4, 0.5) is 10.1 Å². The molecule has 3 rings (SSSR count). The zero-order chi connectivity index (χ0) is 19.4. The van der Waals surface area contributed by atoms with Crippen LogP contribution in [0.2, 0.25) is 0 Å². The quantitative estimate of drug-likeness (QED) is 0.367. The summed E-state index contributed by atoms with van der Waals surface area (Å²) in [5.74, 6) is -0.948. The average molecular weight is 373 g/mol. The van der Waals surface area contributed by atoms with Crippen molar-refractivity contribution in [1.29, 1.82) is 0 Å². The molecule has 0 bridgehead atoms. The van der Waals surface area contributed by atoms with Crippen molar-refractivity contribution in [1.82, 2.24) is 10.1 Å². The van der Waals surface area contributed by atoms with E-state index in [1.165, 1.54) is 43.5 Å². The topological polar surface area (TPSA) is 118 Å². The lowest BCUT2D eigenvalue weighted by molar-refractivity contribution is -0.385. The first-order chi connectivity index (χ1) is 13.0. The highest BCUT2D eigenvalue weighted by Gasteiger charge is 2.19. The summed E-state index contributed by atoms with van der Waals surface area (Å²) >= 11 is 0. The molecule has 138 valence electrons. The van der Waals surface area contributed by atoms with Crippen LogP contribution in [0, 0.1) is 15.9 Å². The van der Waals surface area contributed by atoms with Crippen LogP contribution in [0.3, 0.4) is 0 Å². The van der Waals surface area contributed by atoms with Crippen LogP contribution < -0.4 is 4.74 Å². The van der Waals surface area contributed by atoms with Crippen molar-refractivity contribution in [2.24, 2.45) is 0 Å². The number of ether oxygens (including phenoxy) is 2. The molecule has 0 atom stereocenters. The minimum absolute atomic E-state index is 0.0192. The SMILES string of the molecule is COc1ccc(C(=O)OCc2nc(-c3ccc(F)cc3)no2)cc1[N+](=O)[O-]. The highest BCUT2D eigenvalue weighted by molar-refractivity contribution is 5.90. The van der Waals surface area contributed by atoms with Crippen LogP contribution in [0.1, 0.15) is 16.2 Å². The molecule has 9 nitrogen and oxygen atoms in total. The maximum atomic E-state index is 12.9. The molecule has 0 aliphatic carbocycles. The summed E-state index contributed by atoms with van der Waals surface area (Å²) in [5.41, 5.74) is 0.146. The smallest absolute Gasteiger partial charge is 0.338 e. The van der Waals surface area contributed by atoms with Crippen LogP contribution in [-0.4, -0.2) is 28.1 Å². The molecular formula is C17H12FN3O6. The highest BCUT2D eigenvalue weighted by atomic mass is 19.1. The van der Waals surface area contributed by atoms with Crippen LogP contribution in [0.15, 0.2) is 47.0 Å². The molecule has 1 aromatic heterocycles. The highest BCUT2D eigenvalue weighted by Crippen LogP contribution is 2.28. The van der Waals surface area contributed by atoms with Gasteiger partial charge in [0.25, 0.3) is 5.89 Å². The fourth-order valence-corrected chi connectivity index (χ4v) is 2.20. The first-order valence-corrected chi connectivity index (χ1v) is 7.56. The Labute approximate surface area is 151 Å². The van der Waals surface area contributed by atoms with Gasteiger partial charge in [-0.25, -0.2) is 9.18 Å². The molecule has 27 heavy (non-hydrogen) atoms. The largest absolute Gasteiger partial charge is 0.490 e. The Morgan fingerprint density at radius 2 is 2.00 bits per heavy atom. The molecule has 1 heterocycles. The van der Waals surface area contributed by atoms with Crippen molar-refractivity contribution >= 4 is 11.7 Å². The number of hydrogen-bond donors (Lipinski definition) is 0. The molecule has 0 spiro atoms. The van der Waals surface area contributed by atoms with E-state index < -0.39 is 16.7 Å². The predicted octanol–water partition coefficient (Wildman–Crippen LogP) is 3.15. The van der Waals surface area contributed by atoms with E-state index in [9.17, 15) is 19.3 Å². The van der Waals surface area contributed by atoms with Crippen molar-refractivity contribution < 1.29 is 28.1 Å². The normalized spacial score (nSPS) is 10.4. The summed E-state index contributed by atoms with van der Waals surface area (Å²) in [6.45, 7) is -0.327.